The van der Waals surface area contributed by atoms with Crippen LogP contribution < -0.4 is 0 Å². The highest BCUT2D eigenvalue weighted by Crippen LogP contribution is 2.51. The molecule has 2 aromatic carbocycles. The smallest absolute Gasteiger partial charge is 0.115 e. The van der Waals surface area contributed by atoms with Crippen LogP contribution >= 0.6 is 0 Å². The summed E-state index contributed by atoms with van der Waals surface area (Å²) in [7, 11) is 0. The summed E-state index contributed by atoms with van der Waals surface area (Å²) >= 11 is 0. The Labute approximate surface area is 142 Å². The summed E-state index contributed by atoms with van der Waals surface area (Å²) in [6.45, 7) is 0. The van der Waals surface area contributed by atoms with Gasteiger partial charge in [-0.3, -0.25) is 0 Å². The largest absolute Gasteiger partial charge is 0.508 e. The summed E-state index contributed by atoms with van der Waals surface area (Å²) in [5.74, 6) is 0.852. The van der Waals surface area contributed by atoms with Crippen molar-refractivity contribution in [2.45, 2.75) is 43.9 Å². The second-order valence-electron chi connectivity index (χ2n) is 7.27. The normalized spacial score (nSPS) is 27.5. The monoisotopic (exact) mass is 321 g/mol. The van der Waals surface area contributed by atoms with Crippen molar-refractivity contribution in [3.63, 3.8) is 0 Å². The number of aryl methyl sites for hydroxylation is 1. The van der Waals surface area contributed by atoms with Crippen molar-refractivity contribution in [3.05, 3.63) is 65.2 Å². The Balaban J connectivity index is 1.81. The van der Waals surface area contributed by atoms with E-state index in [4.69, 9.17) is 0 Å². The second-order valence-corrected chi connectivity index (χ2v) is 7.27. The standard InChI is InChI=1S/C21H23NO2/c23-19-8-9-20-16(12-19)6-7-17-13-18(22-24)10-11-21(17,20)14-15-4-2-1-3-5-15/h1-5,8-9,12,17,23-24H,6-7,10-11,13-14H2/t17?,21-/m0/s1. The van der Waals surface area contributed by atoms with Crippen LogP contribution in [0.2, 0.25) is 0 Å². The van der Waals surface area contributed by atoms with Crippen molar-refractivity contribution < 1.29 is 10.3 Å². The molecule has 24 heavy (non-hydrogen) atoms. The lowest BCUT2D eigenvalue weighted by Gasteiger charge is -2.49. The lowest BCUT2D eigenvalue weighted by Crippen LogP contribution is -2.45. The fourth-order valence-corrected chi connectivity index (χ4v) is 4.87. The zero-order chi connectivity index (χ0) is 16.6. The van der Waals surface area contributed by atoms with E-state index in [2.05, 4.69) is 41.6 Å². The van der Waals surface area contributed by atoms with Gasteiger partial charge in [0.25, 0.3) is 0 Å². The van der Waals surface area contributed by atoms with Gasteiger partial charge < -0.3 is 10.3 Å². The van der Waals surface area contributed by atoms with Gasteiger partial charge in [-0.05, 0) is 73.3 Å². The first-order valence-corrected chi connectivity index (χ1v) is 8.77. The number of phenols is 1. The number of nitrogens with zero attached hydrogens (tertiary/aromatic N) is 1. The number of hydrogen-bond donors (Lipinski definition) is 2. The molecule has 2 N–H and O–H groups in total. The molecule has 3 heteroatoms. The fourth-order valence-electron chi connectivity index (χ4n) is 4.87. The first-order valence-electron chi connectivity index (χ1n) is 8.77. The second kappa shape index (κ2) is 5.97. The molecular formula is C21H23NO2. The maximum atomic E-state index is 9.89. The van der Waals surface area contributed by atoms with Crippen LogP contribution in [-0.2, 0) is 18.3 Å². The molecule has 3 nitrogen and oxygen atoms in total. The Hall–Kier alpha value is -2.29. The molecule has 0 aliphatic heterocycles. The zero-order valence-corrected chi connectivity index (χ0v) is 13.8. The summed E-state index contributed by atoms with van der Waals surface area (Å²) in [5, 5.41) is 22.7. The van der Waals surface area contributed by atoms with E-state index in [-0.39, 0.29) is 5.41 Å². The lowest BCUT2D eigenvalue weighted by molar-refractivity contribution is 0.200. The van der Waals surface area contributed by atoms with E-state index < -0.39 is 0 Å². The molecule has 0 radical (unpaired) electrons. The van der Waals surface area contributed by atoms with E-state index in [1.165, 1.54) is 16.7 Å². The van der Waals surface area contributed by atoms with Crippen molar-refractivity contribution in [2.24, 2.45) is 11.1 Å². The molecule has 0 heterocycles. The first kappa shape index (κ1) is 15.3. The highest BCUT2D eigenvalue weighted by atomic mass is 16.4. The number of hydrogen-bond acceptors (Lipinski definition) is 3. The predicted octanol–water partition coefficient (Wildman–Crippen LogP) is 4.45. The fraction of sp³-hybridized carbons (Fsp3) is 0.381. The Morgan fingerprint density at radius 2 is 1.92 bits per heavy atom. The van der Waals surface area contributed by atoms with Crippen LogP contribution in [0.4, 0.5) is 0 Å². The summed E-state index contributed by atoms with van der Waals surface area (Å²) in [4.78, 5) is 0. The van der Waals surface area contributed by atoms with Crippen LogP contribution in [0, 0.1) is 5.92 Å². The number of aromatic hydroxyl groups is 1. The van der Waals surface area contributed by atoms with Crippen molar-refractivity contribution in [2.75, 3.05) is 0 Å². The Bertz CT molecular complexity index is 769. The third-order valence-electron chi connectivity index (χ3n) is 6.01. The predicted molar refractivity (Wildman–Crippen MR) is 94.8 cm³/mol. The van der Waals surface area contributed by atoms with Crippen molar-refractivity contribution in [1.29, 1.82) is 0 Å². The van der Waals surface area contributed by atoms with Crippen molar-refractivity contribution >= 4 is 5.71 Å². The maximum absolute atomic E-state index is 9.89. The molecule has 0 spiro atoms. The highest BCUT2D eigenvalue weighted by molar-refractivity contribution is 5.85. The molecule has 124 valence electrons. The molecule has 1 unspecified atom stereocenters. The van der Waals surface area contributed by atoms with Crippen molar-refractivity contribution in [1.82, 2.24) is 0 Å². The van der Waals surface area contributed by atoms with Gasteiger partial charge in [-0.2, -0.15) is 0 Å². The van der Waals surface area contributed by atoms with Crippen LogP contribution in [0.3, 0.4) is 0 Å². The SMILES string of the molecule is ON=C1CC[C@@]2(Cc3ccccc3)c3ccc(O)cc3CCC2C1. The van der Waals surface area contributed by atoms with Gasteiger partial charge in [0.1, 0.15) is 5.75 Å². The maximum Gasteiger partial charge on any atom is 0.115 e. The minimum atomic E-state index is 0.0802. The van der Waals surface area contributed by atoms with E-state index >= 15 is 0 Å². The average molecular weight is 321 g/mol. The highest BCUT2D eigenvalue weighted by Gasteiger charge is 2.46. The summed E-state index contributed by atoms with van der Waals surface area (Å²) < 4.78 is 0. The lowest BCUT2D eigenvalue weighted by atomic mass is 9.55. The van der Waals surface area contributed by atoms with E-state index in [9.17, 15) is 10.3 Å². The molecule has 2 aliphatic carbocycles. The molecule has 1 fully saturated rings. The molecule has 0 saturated heterocycles. The van der Waals surface area contributed by atoms with Crippen LogP contribution in [-0.4, -0.2) is 16.0 Å². The minimum Gasteiger partial charge on any atom is -0.508 e. The van der Waals surface area contributed by atoms with Gasteiger partial charge in [-0.25, -0.2) is 0 Å². The number of phenolic OH excluding ortho intramolecular Hbond substituents is 1. The van der Waals surface area contributed by atoms with E-state index in [0.717, 1.165) is 44.2 Å². The van der Waals surface area contributed by atoms with E-state index in [0.29, 0.717) is 11.7 Å². The third kappa shape index (κ3) is 2.48. The summed E-state index contributed by atoms with van der Waals surface area (Å²) in [6, 6.07) is 16.6. The van der Waals surface area contributed by atoms with E-state index in [1.807, 2.05) is 12.1 Å². The number of benzene rings is 2. The van der Waals surface area contributed by atoms with Gasteiger partial charge in [0, 0.05) is 5.41 Å². The molecule has 0 bridgehead atoms. The van der Waals surface area contributed by atoms with Crippen LogP contribution in [0.5, 0.6) is 5.75 Å². The summed E-state index contributed by atoms with van der Waals surface area (Å²) in [5.41, 5.74) is 5.04. The molecular weight excluding hydrogens is 298 g/mol. The van der Waals surface area contributed by atoms with Gasteiger partial charge in [0.15, 0.2) is 0 Å². The molecule has 4 rings (SSSR count). The molecule has 0 amide bonds. The molecule has 2 atom stereocenters. The quantitative estimate of drug-likeness (QED) is 0.634. The van der Waals surface area contributed by atoms with Gasteiger partial charge >= 0.3 is 0 Å². The third-order valence-corrected chi connectivity index (χ3v) is 6.01. The molecule has 2 aliphatic rings. The number of fused-ring (bicyclic) bond motifs is 3. The van der Waals surface area contributed by atoms with Crippen LogP contribution in [0.1, 0.15) is 42.4 Å². The Kier molecular flexibility index (Phi) is 3.79. The van der Waals surface area contributed by atoms with Gasteiger partial charge in [0.2, 0.25) is 0 Å². The van der Waals surface area contributed by atoms with Gasteiger partial charge in [-0.1, -0.05) is 41.6 Å². The Morgan fingerprint density at radius 3 is 2.71 bits per heavy atom. The minimum absolute atomic E-state index is 0.0802. The molecule has 2 aromatic rings. The summed E-state index contributed by atoms with van der Waals surface area (Å²) in [6.07, 6.45) is 5.81. The average Bonchev–Trinajstić information content (AvgIpc) is 2.61. The zero-order valence-electron chi connectivity index (χ0n) is 13.8. The van der Waals surface area contributed by atoms with Crippen molar-refractivity contribution in [3.8, 4) is 5.75 Å². The molecule has 0 aromatic heterocycles. The van der Waals surface area contributed by atoms with Gasteiger partial charge in [0.05, 0.1) is 5.71 Å². The van der Waals surface area contributed by atoms with Gasteiger partial charge in [-0.15, -0.1) is 0 Å². The first-order chi connectivity index (χ1) is 11.7. The van der Waals surface area contributed by atoms with E-state index in [1.54, 1.807) is 0 Å². The molecule has 1 saturated carbocycles. The number of rotatable bonds is 2. The van der Waals surface area contributed by atoms with Crippen LogP contribution in [0.15, 0.2) is 53.7 Å². The Morgan fingerprint density at radius 1 is 1.08 bits per heavy atom. The number of oxime groups is 1. The van der Waals surface area contributed by atoms with Crippen LogP contribution in [0.25, 0.3) is 0 Å². The topological polar surface area (TPSA) is 52.8 Å².